The van der Waals surface area contributed by atoms with Gasteiger partial charge in [0.25, 0.3) is 0 Å². The van der Waals surface area contributed by atoms with Gasteiger partial charge in [-0.15, -0.1) is 0 Å². The number of thioether (sulfide) groups is 1. The van der Waals surface area contributed by atoms with Crippen molar-refractivity contribution in [1.29, 1.82) is 0 Å². The summed E-state index contributed by atoms with van der Waals surface area (Å²) in [7, 11) is 0. The van der Waals surface area contributed by atoms with Gasteiger partial charge in [0.2, 0.25) is 0 Å². The van der Waals surface area contributed by atoms with Crippen LogP contribution in [0.25, 0.3) is 0 Å². The first-order chi connectivity index (χ1) is 7.73. The summed E-state index contributed by atoms with van der Waals surface area (Å²) >= 11 is 2.12. The molecule has 1 aliphatic heterocycles. The minimum atomic E-state index is 0.392. The highest BCUT2D eigenvalue weighted by Gasteiger charge is 2.37. The number of hydrogen-bond donors (Lipinski definition) is 1. The minimum absolute atomic E-state index is 0.392. The highest BCUT2D eigenvalue weighted by atomic mass is 32.2. The van der Waals surface area contributed by atoms with E-state index >= 15 is 0 Å². The Labute approximate surface area is 105 Å². The van der Waals surface area contributed by atoms with Crippen molar-refractivity contribution in [3.05, 3.63) is 0 Å². The van der Waals surface area contributed by atoms with Gasteiger partial charge in [0.15, 0.2) is 0 Å². The van der Waals surface area contributed by atoms with Gasteiger partial charge in [0.1, 0.15) is 0 Å². The van der Waals surface area contributed by atoms with Crippen LogP contribution in [0, 0.1) is 0 Å². The molecule has 0 radical (unpaired) electrons. The van der Waals surface area contributed by atoms with E-state index in [2.05, 4.69) is 37.8 Å². The Morgan fingerprint density at radius 2 is 2.19 bits per heavy atom. The van der Waals surface area contributed by atoms with Crippen LogP contribution < -0.4 is 5.32 Å². The maximum atomic E-state index is 5.74. The van der Waals surface area contributed by atoms with Crippen LogP contribution in [-0.4, -0.2) is 36.3 Å². The lowest BCUT2D eigenvalue weighted by Crippen LogP contribution is -2.48. The molecule has 1 fully saturated rings. The SMILES string of the molecule is CCCNC(COCCC)C1(C)CCCS1. The van der Waals surface area contributed by atoms with Crippen molar-refractivity contribution in [3.8, 4) is 0 Å². The van der Waals surface area contributed by atoms with Crippen molar-refractivity contribution in [2.75, 3.05) is 25.5 Å². The second kappa shape index (κ2) is 7.57. The van der Waals surface area contributed by atoms with E-state index in [0.717, 1.165) is 26.2 Å². The van der Waals surface area contributed by atoms with Gasteiger partial charge in [-0.05, 0) is 44.9 Å². The van der Waals surface area contributed by atoms with Gasteiger partial charge in [0, 0.05) is 17.4 Å². The molecule has 0 bridgehead atoms. The standard InChI is InChI=1S/C13H27NOS/c1-4-8-14-12(11-15-9-5-2)13(3)7-6-10-16-13/h12,14H,4-11H2,1-3H3. The summed E-state index contributed by atoms with van der Waals surface area (Å²) in [5, 5.41) is 3.66. The molecular formula is C13H27NOS. The van der Waals surface area contributed by atoms with Crippen LogP contribution >= 0.6 is 11.8 Å². The van der Waals surface area contributed by atoms with Gasteiger partial charge in [-0.2, -0.15) is 11.8 Å². The Morgan fingerprint density at radius 1 is 1.38 bits per heavy atom. The monoisotopic (exact) mass is 245 g/mol. The number of rotatable bonds is 8. The maximum Gasteiger partial charge on any atom is 0.0633 e. The molecule has 1 saturated heterocycles. The molecule has 2 nitrogen and oxygen atoms in total. The average Bonchev–Trinajstić information content (AvgIpc) is 2.71. The molecule has 1 rings (SSSR count). The molecule has 1 aliphatic rings. The van der Waals surface area contributed by atoms with E-state index in [0.29, 0.717) is 10.8 Å². The Bertz CT molecular complexity index is 181. The molecule has 0 aromatic rings. The maximum absolute atomic E-state index is 5.74. The highest BCUT2D eigenvalue weighted by Crippen LogP contribution is 2.40. The van der Waals surface area contributed by atoms with Gasteiger partial charge in [0.05, 0.1) is 6.61 Å². The normalized spacial score (nSPS) is 27.2. The Hall–Kier alpha value is 0.270. The minimum Gasteiger partial charge on any atom is -0.380 e. The molecule has 0 saturated carbocycles. The van der Waals surface area contributed by atoms with E-state index in [9.17, 15) is 0 Å². The molecule has 0 aromatic heterocycles. The van der Waals surface area contributed by atoms with E-state index in [-0.39, 0.29) is 0 Å². The van der Waals surface area contributed by atoms with E-state index in [1.165, 1.54) is 25.0 Å². The van der Waals surface area contributed by atoms with Crippen LogP contribution in [0.4, 0.5) is 0 Å². The smallest absolute Gasteiger partial charge is 0.0633 e. The van der Waals surface area contributed by atoms with Gasteiger partial charge >= 0.3 is 0 Å². The lowest BCUT2D eigenvalue weighted by molar-refractivity contribution is 0.101. The van der Waals surface area contributed by atoms with Gasteiger partial charge in [-0.1, -0.05) is 13.8 Å². The van der Waals surface area contributed by atoms with E-state index in [1.54, 1.807) is 0 Å². The van der Waals surface area contributed by atoms with E-state index < -0.39 is 0 Å². The fourth-order valence-electron chi connectivity index (χ4n) is 2.19. The van der Waals surface area contributed by atoms with Gasteiger partial charge < -0.3 is 10.1 Å². The third-order valence-corrected chi connectivity index (χ3v) is 4.90. The topological polar surface area (TPSA) is 21.3 Å². The summed E-state index contributed by atoms with van der Waals surface area (Å²) in [6.07, 6.45) is 5.00. The fourth-order valence-corrected chi connectivity index (χ4v) is 3.59. The number of ether oxygens (including phenoxy) is 1. The first-order valence-electron chi connectivity index (χ1n) is 6.68. The number of hydrogen-bond acceptors (Lipinski definition) is 3. The van der Waals surface area contributed by atoms with Crippen LogP contribution in [0.15, 0.2) is 0 Å². The Kier molecular flexibility index (Phi) is 6.78. The average molecular weight is 245 g/mol. The lowest BCUT2D eigenvalue weighted by atomic mass is 9.96. The molecule has 2 atom stereocenters. The quantitative estimate of drug-likeness (QED) is 0.664. The predicted molar refractivity (Wildman–Crippen MR) is 73.3 cm³/mol. The summed E-state index contributed by atoms with van der Waals surface area (Å²) in [5.41, 5.74) is 0. The van der Waals surface area contributed by atoms with Gasteiger partial charge in [-0.3, -0.25) is 0 Å². The van der Waals surface area contributed by atoms with Crippen molar-refractivity contribution in [2.24, 2.45) is 0 Å². The molecule has 16 heavy (non-hydrogen) atoms. The first kappa shape index (κ1) is 14.3. The van der Waals surface area contributed by atoms with Crippen LogP contribution in [0.5, 0.6) is 0 Å². The van der Waals surface area contributed by atoms with Crippen LogP contribution in [0.2, 0.25) is 0 Å². The Morgan fingerprint density at radius 3 is 2.75 bits per heavy atom. The van der Waals surface area contributed by atoms with Crippen LogP contribution in [0.3, 0.4) is 0 Å². The van der Waals surface area contributed by atoms with Crippen molar-refractivity contribution in [2.45, 2.75) is 57.2 Å². The van der Waals surface area contributed by atoms with Crippen LogP contribution in [0.1, 0.15) is 46.5 Å². The fraction of sp³-hybridized carbons (Fsp3) is 1.00. The summed E-state index contributed by atoms with van der Waals surface area (Å²) in [6, 6.07) is 0.520. The molecule has 1 heterocycles. The second-order valence-corrected chi connectivity index (χ2v) is 6.48. The van der Waals surface area contributed by atoms with Crippen molar-refractivity contribution in [3.63, 3.8) is 0 Å². The largest absolute Gasteiger partial charge is 0.380 e. The van der Waals surface area contributed by atoms with E-state index in [1.807, 2.05) is 0 Å². The lowest BCUT2D eigenvalue weighted by Gasteiger charge is -2.34. The van der Waals surface area contributed by atoms with Gasteiger partial charge in [-0.25, -0.2) is 0 Å². The predicted octanol–water partition coefficient (Wildman–Crippen LogP) is 3.07. The molecule has 96 valence electrons. The zero-order valence-corrected chi connectivity index (χ0v) is 11.9. The molecule has 0 aliphatic carbocycles. The van der Waals surface area contributed by atoms with Crippen molar-refractivity contribution < 1.29 is 4.74 Å². The summed E-state index contributed by atoms with van der Waals surface area (Å²) < 4.78 is 6.14. The highest BCUT2D eigenvalue weighted by molar-refractivity contribution is 8.00. The molecule has 0 amide bonds. The summed E-state index contributed by atoms with van der Waals surface area (Å²) in [4.78, 5) is 0. The molecule has 0 aromatic carbocycles. The number of nitrogens with one attached hydrogen (secondary N) is 1. The van der Waals surface area contributed by atoms with E-state index in [4.69, 9.17) is 4.74 Å². The molecule has 2 unspecified atom stereocenters. The third-order valence-electron chi connectivity index (χ3n) is 3.26. The van der Waals surface area contributed by atoms with Crippen molar-refractivity contribution >= 4 is 11.8 Å². The summed E-state index contributed by atoms with van der Waals surface area (Å²) in [5.74, 6) is 1.31. The Balaban J connectivity index is 2.41. The zero-order chi connectivity index (χ0) is 11.9. The first-order valence-corrected chi connectivity index (χ1v) is 7.66. The third kappa shape index (κ3) is 4.27. The second-order valence-electron chi connectivity index (χ2n) is 4.85. The van der Waals surface area contributed by atoms with Crippen molar-refractivity contribution in [1.82, 2.24) is 5.32 Å². The summed E-state index contributed by atoms with van der Waals surface area (Å²) in [6.45, 7) is 9.66. The molecular weight excluding hydrogens is 218 g/mol. The molecule has 0 spiro atoms. The molecule has 1 N–H and O–H groups in total. The zero-order valence-electron chi connectivity index (χ0n) is 11.1. The molecule has 3 heteroatoms. The van der Waals surface area contributed by atoms with Crippen LogP contribution in [-0.2, 0) is 4.74 Å².